The predicted molar refractivity (Wildman–Crippen MR) is 99.5 cm³/mol. The van der Waals surface area contributed by atoms with E-state index in [1.54, 1.807) is 0 Å². The van der Waals surface area contributed by atoms with Gasteiger partial charge >= 0.3 is 12.4 Å². The third-order valence-electron chi connectivity index (χ3n) is 3.79. The monoisotopic (exact) mass is 534 g/mol. The van der Waals surface area contributed by atoms with Crippen molar-refractivity contribution in [1.82, 2.24) is 5.16 Å². The number of nitrogens with zero attached hydrogens (tertiary/aromatic N) is 1. The van der Waals surface area contributed by atoms with Crippen LogP contribution in [-0.2, 0) is 22.4 Å². The number of thiophene rings is 1. The Hall–Kier alpha value is -2.06. The average Bonchev–Trinajstić information content (AvgIpc) is 3.25. The number of hydrogen-bond donors (Lipinski definition) is 1. The summed E-state index contributed by atoms with van der Waals surface area (Å²) < 4.78 is 112. The van der Waals surface area contributed by atoms with E-state index in [2.05, 4.69) is 21.1 Å². The van der Waals surface area contributed by atoms with Gasteiger partial charge in [0.05, 0.1) is 32.5 Å². The zero-order chi connectivity index (χ0) is 22.5. The van der Waals surface area contributed by atoms with E-state index in [1.807, 2.05) is 4.72 Å². The van der Waals surface area contributed by atoms with Crippen LogP contribution in [0, 0.1) is 6.92 Å². The van der Waals surface area contributed by atoms with E-state index in [-0.39, 0.29) is 26.5 Å². The first-order valence-corrected chi connectivity index (χ1v) is 10.9. The summed E-state index contributed by atoms with van der Waals surface area (Å²) in [4.78, 5) is 0. The number of alkyl halides is 6. The summed E-state index contributed by atoms with van der Waals surface area (Å²) in [5.41, 5.74) is -5.19. The Morgan fingerprint density at radius 2 is 1.80 bits per heavy atom. The van der Waals surface area contributed by atoms with Gasteiger partial charge in [-0.2, -0.15) is 26.3 Å². The summed E-state index contributed by atoms with van der Waals surface area (Å²) in [5.74, 6) is -0.572. The molecule has 0 unspecified atom stereocenters. The van der Waals surface area contributed by atoms with Crippen LogP contribution in [0.25, 0.3) is 11.3 Å². The van der Waals surface area contributed by atoms with E-state index in [0.717, 1.165) is 17.4 Å². The van der Waals surface area contributed by atoms with Crippen molar-refractivity contribution in [2.24, 2.45) is 0 Å². The average molecular weight is 535 g/mol. The zero-order valence-electron chi connectivity index (χ0n) is 14.5. The molecule has 0 aliphatic rings. The second-order valence-corrected chi connectivity index (χ2v) is 9.54. The molecule has 0 bridgehead atoms. The molecule has 1 N–H and O–H groups in total. The molecule has 3 rings (SSSR count). The highest BCUT2D eigenvalue weighted by Gasteiger charge is 2.42. The summed E-state index contributed by atoms with van der Waals surface area (Å²) in [6, 6.07) is 2.69. The van der Waals surface area contributed by atoms with Crippen LogP contribution in [0.15, 0.2) is 42.9 Å². The molecule has 0 spiro atoms. The summed E-state index contributed by atoms with van der Waals surface area (Å²) in [7, 11) is -4.47. The number of sulfonamides is 1. The van der Waals surface area contributed by atoms with Crippen LogP contribution in [0.4, 0.5) is 32.0 Å². The van der Waals surface area contributed by atoms with Gasteiger partial charge in [-0.3, -0.25) is 4.72 Å². The normalized spacial score (nSPS) is 12.9. The van der Waals surface area contributed by atoms with Crippen LogP contribution >= 0.6 is 27.3 Å². The van der Waals surface area contributed by atoms with Crippen molar-refractivity contribution in [3.63, 3.8) is 0 Å². The SMILES string of the molecule is Cc1noc(-c2c(NS(=O)(=O)c3cccs3)cc(C(F)(F)F)cc2C(F)(F)F)c1Br. The Morgan fingerprint density at radius 3 is 2.27 bits per heavy atom. The van der Waals surface area contributed by atoms with Crippen LogP contribution < -0.4 is 4.72 Å². The van der Waals surface area contributed by atoms with Gasteiger partial charge in [-0.15, -0.1) is 11.3 Å². The number of anilines is 1. The van der Waals surface area contributed by atoms with Gasteiger partial charge in [0.15, 0.2) is 5.76 Å². The molecule has 0 saturated carbocycles. The Labute approximate surface area is 177 Å². The molecular formula is C16H9BrF6N2O3S2. The maximum Gasteiger partial charge on any atom is 0.417 e. The van der Waals surface area contributed by atoms with Gasteiger partial charge in [-0.1, -0.05) is 11.2 Å². The fourth-order valence-electron chi connectivity index (χ4n) is 2.48. The van der Waals surface area contributed by atoms with E-state index in [4.69, 9.17) is 4.52 Å². The van der Waals surface area contributed by atoms with Gasteiger partial charge in [-0.25, -0.2) is 8.42 Å². The first kappa shape index (κ1) is 22.6. The predicted octanol–water partition coefficient (Wildman–Crippen LogP) is 6.31. The fourth-order valence-corrected chi connectivity index (χ4v) is 4.88. The van der Waals surface area contributed by atoms with Crippen molar-refractivity contribution in [1.29, 1.82) is 0 Å². The van der Waals surface area contributed by atoms with Crippen molar-refractivity contribution in [3.05, 3.63) is 50.9 Å². The van der Waals surface area contributed by atoms with Crippen molar-refractivity contribution in [3.8, 4) is 11.3 Å². The number of aryl methyl sites for hydroxylation is 1. The molecule has 2 aromatic heterocycles. The number of hydrogen-bond acceptors (Lipinski definition) is 5. The lowest BCUT2D eigenvalue weighted by Crippen LogP contribution is -2.17. The number of halogens is 7. The standard InChI is InChI=1S/C16H9BrF6N2O3S2/c1-7-13(17)14(28-24-7)12-9(16(21,22)23)5-8(15(18,19)20)6-10(12)25-30(26,27)11-3-2-4-29-11/h2-6,25H,1H3. The molecule has 0 atom stereocenters. The van der Waals surface area contributed by atoms with E-state index in [0.29, 0.717) is 0 Å². The van der Waals surface area contributed by atoms with Crippen LogP contribution in [0.2, 0.25) is 0 Å². The van der Waals surface area contributed by atoms with Crippen molar-refractivity contribution >= 4 is 43.0 Å². The van der Waals surface area contributed by atoms with Gasteiger partial charge in [-0.05, 0) is 46.4 Å². The highest BCUT2D eigenvalue weighted by molar-refractivity contribution is 9.10. The first-order chi connectivity index (χ1) is 13.7. The van der Waals surface area contributed by atoms with Gasteiger partial charge in [0, 0.05) is 0 Å². The second-order valence-electron chi connectivity index (χ2n) is 5.89. The maximum absolute atomic E-state index is 13.7. The molecule has 3 aromatic rings. The fraction of sp³-hybridized carbons (Fsp3) is 0.188. The molecule has 0 aliphatic heterocycles. The third-order valence-corrected chi connectivity index (χ3v) is 7.49. The molecule has 30 heavy (non-hydrogen) atoms. The van der Waals surface area contributed by atoms with Gasteiger partial charge < -0.3 is 4.52 Å². The Balaban J connectivity index is 2.36. The number of rotatable bonds is 4. The lowest BCUT2D eigenvalue weighted by atomic mass is 9.98. The number of benzene rings is 1. The minimum absolute atomic E-state index is 0.0654. The molecule has 0 radical (unpaired) electrons. The Morgan fingerprint density at radius 1 is 1.13 bits per heavy atom. The topological polar surface area (TPSA) is 72.2 Å². The van der Waals surface area contributed by atoms with Crippen molar-refractivity contribution < 1.29 is 39.3 Å². The number of nitrogens with one attached hydrogen (secondary N) is 1. The van der Waals surface area contributed by atoms with Crippen molar-refractivity contribution in [2.75, 3.05) is 4.72 Å². The molecular weight excluding hydrogens is 526 g/mol. The van der Waals surface area contributed by atoms with Crippen LogP contribution in [-0.4, -0.2) is 13.6 Å². The molecule has 0 aliphatic carbocycles. The molecule has 0 saturated heterocycles. The minimum atomic E-state index is -5.26. The molecule has 0 fully saturated rings. The van der Waals surface area contributed by atoms with E-state index >= 15 is 0 Å². The quantitative estimate of drug-likeness (QED) is 0.398. The maximum atomic E-state index is 13.7. The van der Waals surface area contributed by atoms with Gasteiger partial charge in [0.2, 0.25) is 0 Å². The lowest BCUT2D eigenvalue weighted by Gasteiger charge is -2.19. The highest BCUT2D eigenvalue weighted by atomic mass is 79.9. The van der Waals surface area contributed by atoms with Crippen LogP contribution in [0.1, 0.15) is 16.8 Å². The van der Waals surface area contributed by atoms with Crippen molar-refractivity contribution in [2.45, 2.75) is 23.5 Å². The summed E-state index contributed by atoms with van der Waals surface area (Å²) in [5, 5.41) is 4.88. The molecule has 1 aromatic carbocycles. The second kappa shape index (κ2) is 7.57. The van der Waals surface area contributed by atoms with Crippen LogP contribution in [0.5, 0.6) is 0 Å². The molecule has 2 heterocycles. The minimum Gasteiger partial charge on any atom is -0.355 e. The smallest absolute Gasteiger partial charge is 0.355 e. The molecule has 14 heteroatoms. The van der Waals surface area contributed by atoms with E-state index in [1.165, 1.54) is 18.4 Å². The van der Waals surface area contributed by atoms with E-state index in [9.17, 15) is 34.8 Å². The summed E-state index contributed by atoms with van der Waals surface area (Å²) >= 11 is 3.71. The Bertz CT molecular complexity index is 1190. The van der Waals surface area contributed by atoms with E-state index < -0.39 is 50.5 Å². The lowest BCUT2D eigenvalue weighted by molar-refractivity contribution is -0.142. The Kier molecular flexibility index (Phi) is 5.71. The summed E-state index contributed by atoms with van der Waals surface area (Å²) in [6.07, 6.45) is -10.4. The van der Waals surface area contributed by atoms with Gasteiger partial charge in [0.25, 0.3) is 10.0 Å². The number of aromatic nitrogens is 1. The molecule has 162 valence electrons. The highest BCUT2D eigenvalue weighted by Crippen LogP contribution is 2.47. The zero-order valence-corrected chi connectivity index (χ0v) is 17.7. The third kappa shape index (κ3) is 4.34. The largest absolute Gasteiger partial charge is 0.417 e. The molecule has 5 nitrogen and oxygen atoms in total. The molecule has 0 amide bonds. The van der Waals surface area contributed by atoms with Crippen LogP contribution in [0.3, 0.4) is 0 Å². The first-order valence-electron chi connectivity index (χ1n) is 7.72. The van der Waals surface area contributed by atoms with Gasteiger partial charge in [0.1, 0.15) is 4.21 Å². The summed E-state index contributed by atoms with van der Waals surface area (Å²) in [6.45, 7) is 1.38.